The molecule has 2 aromatic rings. The largest absolute Gasteiger partial charge is 0.489 e. The van der Waals surface area contributed by atoms with Crippen LogP contribution in [0.1, 0.15) is 11.1 Å². The van der Waals surface area contributed by atoms with E-state index in [2.05, 4.69) is 15.9 Å². The first kappa shape index (κ1) is 14.0. The fourth-order valence-corrected chi connectivity index (χ4v) is 2.31. The van der Waals surface area contributed by atoms with Crippen LogP contribution < -0.4 is 10.5 Å². The fraction of sp³-hybridized carbons (Fsp3) is 0.200. The first-order valence-corrected chi connectivity index (χ1v) is 6.84. The zero-order chi connectivity index (χ0) is 13.7. The van der Waals surface area contributed by atoms with Crippen molar-refractivity contribution in [3.8, 4) is 5.75 Å². The van der Waals surface area contributed by atoms with Crippen LogP contribution in [0.15, 0.2) is 46.9 Å². The third-order valence-electron chi connectivity index (χ3n) is 2.76. The molecule has 2 N–H and O–H groups in total. The Labute approximate surface area is 120 Å². The van der Waals surface area contributed by atoms with Crippen LogP contribution in [0.5, 0.6) is 5.75 Å². The van der Waals surface area contributed by atoms with E-state index in [9.17, 15) is 4.39 Å². The van der Waals surface area contributed by atoms with Crippen molar-refractivity contribution in [2.45, 2.75) is 13.0 Å². The minimum absolute atomic E-state index is 0.320. The quantitative estimate of drug-likeness (QED) is 0.911. The van der Waals surface area contributed by atoms with Gasteiger partial charge in [-0.1, -0.05) is 40.2 Å². The average molecular weight is 324 g/mol. The summed E-state index contributed by atoms with van der Waals surface area (Å²) in [6.45, 7) is 1.01. The van der Waals surface area contributed by atoms with Crippen LogP contribution >= 0.6 is 15.9 Å². The first-order chi connectivity index (χ1) is 9.19. The molecule has 0 saturated heterocycles. The molecule has 4 heteroatoms. The highest BCUT2D eigenvalue weighted by molar-refractivity contribution is 9.10. The summed E-state index contributed by atoms with van der Waals surface area (Å²) in [6, 6.07) is 12.5. The Kier molecular flexibility index (Phi) is 4.93. The first-order valence-electron chi connectivity index (χ1n) is 6.05. The normalized spacial score (nSPS) is 10.5. The van der Waals surface area contributed by atoms with Gasteiger partial charge in [-0.3, -0.25) is 0 Å². The Hall–Kier alpha value is -1.39. The van der Waals surface area contributed by atoms with Crippen LogP contribution in [-0.2, 0) is 13.0 Å². The van der Waals surface area contributed by atoms with Gasteiger partial charge in [0.1, 0.15) is 18.2 Å². The Morgan fingerprint density at radius 3 is 2.53 bits per heavy atom. The molecule has 0 aliphatic heterocycles. The molecule has 0 heterocycles. The lowest BCUT2D eigenvalue weighted by molar-refractivity contribution is 0.303. The molecule has 2 rings (SSSR count). The smallest absolute Gasteiger partial charge is 0.128 e. The van der Waals surface area contributed by atoms with E-state index in [1.165, 1.54) is 17.7 Å². The Balaban J connectivity index is 2.09. The van der Waals surface area contributed by atoms with E-state index in [1.807, 2.05) is 24.3 Å². The van der Waals surface area contributed by atoms with Gasteiger partial charge in [0.2, 0.25) is 0 Å². The minimum Gasteiger partial charge on any atom is -0.489 e. The second-order valence-corrected chi connectivity index (χ2v) is 5.12. The number of halogens is 2. The van der Waals surface area contributed by atoms with Gasteiger partial charge in [-0.25, -0.2) is 4.39 Å². The van der Waals surface area contributed by atoms with Gasteiger partial charge in [0.25, 0.3) is 0 Å². The van der Waals surface area contributed by atoms with Crippen LogP contribution in [0.4, 0.5) is 4.39 Å². The minimum atomic E-state index is -0.320. The molecule has 2 aromatic carbocycles. The van der Waals surface area contributed by atoms with Crippen molar-refractivity contribution in [1.82, 2.24) is 0 Å². The second-order valence-electron chi connectivity index (χ2n) is 4.20. The van der Waals surface area contributed by atoms with Crippen molar-refractivity contribution < 1.29 is 9.13 Å². The number of rotatable bonds is 5. The third-order valence-corrected chi connectivity index (χ3v) is 3.22. The van der Waals surface area contributed by atoms with Gasteiger partial charge in [0, 0.05) is 10.5 Å². The van der Waals surface area contributed by atoms with Crippen molar-refractivity contribution in [3.63, 3.8) is 0 Å². The summed E-state index contributed by atoms with van der Waals surface area (Å²) in [6.07, 6.45) is 0.812. The molecule has 0 amide bonds. The number of ether oxygens (including phenoxy) is 1. The van der Waals surface area contributed by atoms with Gasteiger partial charge in [-0.2, -0.15) is 0 Å². The van der Waals surface area contributed by atoms with Crippen molar-refractivity contribution in [2.24, 2.45) is 5.73 Å². The molecule has 100 valence electrons. The van der Waals surface area contributed by atoms with Crippen LogP contribution in [0.25, 0.3) is 0 Å². The molecule has 19 heavy (non-hydrogen) atoms. The lowest BCUT2D eigenvalue weighted by Crippen LogP contribution is -2.07. The van der Waals surface area contributed by atoms with Crippen LogP contribution in [0.3, 0.4) is 0 Å². The van der Waals surface area contributed by atoms with Crippen LogP contribution in [-0.4, -0.2) is 6.54 Å². The van der Waals surface area contributed by atoms with E-state index in [1.54, 1.807) is 6.07 Å². The molecule has 0 bridgehead atoms. The maximum absolute atomic E-state index is 13.2. The van der Waals surface area contributed by atoms with E-state index in [-0.39, 0.29) is 5.82 Å². The van der Waals surface area contributed by atoms with Gasteiger partial charge in [-0.15, -0.1) is 0 Å². The Morgan fingerprint density at radius 1 is 1.11 bits per heavy atom. The maximum Gasteiger partial charge on any atom is 0.128 e. The van der Waals surface area contributed by atoms with Gasteiger partial charge in [0.15, 0.2) is 0 Å². The number of nitrogens with two attached hydrogens (primary N) is 1. The molecule has 0 aliphatic rings. The molecular formula is C15H15BrFNO. The summed E-state index contributed by atoms with van der Waals surface area (Å²) in [5.41, 5.74) is 7.82. The summed E-state index contributed by atoms with van der Waals surface area (Å²) < 4.78 is 19.5. The third kappa shape index (κ3) is 4.04. The molecule has 0 unspecified atom stereocenters. The predicted octanol–water partition coefficient (Wildman–Crippen LogP) is 3.67. The molecule has 0 spiro atoms. The molecule has 0 aromatic heterocycles. The van der Waals surface area contributed by atoms with Crippen molar-refractivity contribution in [1.29, 1.82) is 0 Å². The van der Waals surface area contributed by atoms with E-state index < -0.39 is 0 Å². The summed E-state index contributed by atoms with van der Waals surface area (Å²) in [5.74, 6) is 0.189. The van der Waals surface area contributed by atoms with Crippen LogP contribution in [0, 0.1) is 5.82 Å². The van der Waals surface area contributed by atoms with Gasteiger partial charge in [0.05, 0.1) is 0 Å². The number of hydrogen-bond acceptors (Lipinski definition) is 2. The predicted molar refractivity (Wildman–Crippen MR) is 77.6 cm³/mol. The monoisotopic (exact) mass is 323 g/mol. The lowest BCUT2D eigenvalue weighted by atomic mass is 10.1. The van der Waals surface area contributed by atoms with Gasteiger partial charge < -0.3 is 10.5 Å². The molecule has 2 nitrogen and oxygen atoms in total. The Bertz CT molecular complexity index is 539. The molecule has 0 saturated carbocycles. The average Bonchev–Trinajstić information content (AvgIpc) is 2.37. The number of hydrogen-bond donors (Lipinski definition) is 1. The standard InChI is InChI=1S/C15H15BrFNO/c16-13-7-14(17)9-15(8-13)19-10-12-4-2-1-3-11(12)5-6-18/h1-4,7-9H,5-6,10,18H2. The van der Waals surface area contributed by atoms with Gasteiger partial charge >= 0.3 is 0 Å². The van der Waals surface area contributed by atoms with Crippen LogP contribution in [0.2, 0.25) is 0 Å². The van der Waals surface area contributed by atoms with E-state index >= 15 is 0 Å². The van der Waals surface area contributed by atoms with Crippen molar-refractivity contribution >= 4 is 15.9 Å². The molecule has 0 atom stereocenters. The zero-order valence-electron chi connectivity index (χ0n) is 10.4. The summed E-state index contributed by atoms with van der Waals surface area (Å²) >= 11 is 3.24. The lowest BCUT2D eigenvalue weighted by Gasteiger charge is -2.11. The van der Waals surface area contributed by atoms with E-state index in [0.29, 0.717) is 23.4 Å². The van der Waals surface area contributed by atoms with Gasteiger partial charge in [-0.05, 0) is 36.2 Å². The summed E-state index contributed by atoms with van der Waals surface area (Å²) in [5, 5.41) is 0. The highest BCUT2D eigenvalue weighted by atomic mass is 79.9. The topological polar surface area (TPSA) is 35.2 Å². The highest BCUT2D eigenvalue weighted by Crippen LogP contribution is 2.22. The van der Waals surface area contributed by atoms with Crippen molar-refractivity contribution in [3.05, 3.63) is 63.9 Å². The van der Waals surface area contributed by atoms with E-state index in [4.69, 9.17) is 10.5 Å². The molecule has 0 fully saturated rings. The second kappa shape index (κ2) is 6.68. The summed E-state index contributed by atoms with van der Waals surface area (Å²) in [7, 11) is 0. The summed E-state index contributed by atoms with van der Waals surface area (Å²) in [4.78, 5) is 0. The fourth-order valence-electron chi connectivity index (χ4n) is 1.87. The maximum atomic E-state index is 13.2. The highest BCUT2D eigenvalue weighted by Gasteiger charge is 2.04. The molecule has 0 radical (unpaired) electrons. The zero-order valence-corrected chi connectivity index (χ0v) is 12.0. The van der Waals surface area contributed by atoms with Crippen molar-refractivity contribution in [2.75, 3.05) is 6.54 Å². The Morgan fingerprint density at radius 2 is 1.84 bits per heavy atom. The molecular weight excluding hydrogens is 309 g/mol. The molecule has 0 aliphatic carbocycles. The SMILES string of the molecule is NCCc1ccccc1COc1cc(F)cc(Br)c1. The number of benzene rings is 2. The van der Waals surface area contributed by atoms with E-state index in [0.717, 1.165) is 12.0 Å².